The van der Waals surface area contributed by atoms with Crippen LogP contribution in [-0.4, -0.2) is 48.8 Å². The Hall–Kier alpha value is -2.48. The lowest BCUT2D eigenvalue weighted by atomic mass is 9.86. The molecule has 3 aliphatic rings. The first-order valence-electron chi connectivity index (χ1n) is 10.1. The third-order valence-corrected chi connectivity index (χ3v) is 6.39. The molecule has 4 heterocycles. The van der Waals surface area contributed by atoms with E-state index in [1.807, 2.05) is 20.0 Å². The van der Waals surface area contributed by atoms with E-state index in [-0.39, 0.29) is 17.9 Å². The van der Waals surface area contributed by atoms with Crippen molar-refractivity contribution >= 4 is 11.6 Å². The lowest BCUT2D eigenvalue weighted by molar-refractivity contribution is -0.120. The molecular formula is C22H26N4O3. The molecule has 2 saturated heterocycles. The Morgan fingerprint density at radius 2 is 2.17 bits per heavy atom. The summed E-state index contributed by atoms with van der Waals surface area (Å²) in [5.74, 6) is 0.618. The number of ether oxygens (including phenoxy) is 2. The SMILES string of the molecule is COc1ncc(C)c(-c2ccc3c(c2)NC(=O)C2CNN([C@H]4CCOC4)C32)c1C. The molecule has 3 atom stereocenters. The standard InChI is InChI=1S/C22H26N4O3/c1-12-9-23-22(28-3)13(2)19(12)14-4-5-16-18(8-14)25-21(27)17-10-24-26(20(16)17)15-6-7-29-11-15/h4-5,8-9,15,17,20,24H,6-7,10-11H2,1-3H3,(H,25,27)/t15-,17?,20?/m0/s1. The van der Waals surface area contributed by atoms with Gasteiger partial charge in [-0.25, -0.2) is 9.99 Å². The fourth-order valence-electron chi connectivity index (χ4n) is 4.98. The van der Waals surface area contributed by atoms with Crippen molar-refractivity contribution in [2.24, 2.45) is 5.92 Å². The minimum atomic E-state index is -0.0848. The van der Waals surface area contributed by atoms with Gasteiger partial charge < -0.3 is 14.8 Å². The van der Waals surface area contributed by atoms with Crippen LogP contribution in [0.3, 0.4) is 0 Å². The molecule has 0 aliphatic carbocycles. The number of nitrogens with zero attached hydrogens (tertiary/aromatic N) is 2. The molecule has 1 aromatic carbocycles. The van der Waals surface area contributed by atoms with Crippen molar-refractivity contribution < 1.29 is 14.3 Å². The summed E-state index contributed by atoms with van der Waals surface area (Å²) in [5.41, 5.74) is 9.74. The van der Waals surface area contributed by atoms with E-state index in [1.165, 1.54) is 0 Å². The molecule has 3 aliphatic heterocycles. The second-order valence-corrected chi connectivity index (χ2v) is 8.08. The molecule has 0 bridgehead atoms. The van der Waals surface area contributed by atoms with Crippen molar-refractivity contribution in [2.75, 3.05) is 32.2 Å². The summed E-state index contributed by atoms with van der Waals surface area (Å²) in [6.07, 6.45) is 2.82. The van der Waals surface area contributed by atoms with Crippen LogP contribution in [0.2, 0.25) is 0 Å². The number of rotatable bonds is 3. The number of fused-ring (bicyclic) bond motifs is 3. The Morgan fingerprint density at radius 3 is 2.93 bits per heavy atom. The zero-order valence-electron chi connectivity index (χ0n) is 17.0. The van der Waals surface area contributed by atoms with Gasteiger partial charge in [-0.15, -0.1) is 0 Å². The van der Waals surface area contributed by atoms with Gasteiger partial charge in [-0.05, 0) is 48.6 Å². The summed E-state index contributed by atoms with van der Waals surface area (Å²) in [6, 6.07) is 6.72. The van der Waals surface area contributed by atoms with Crippen LogP contribution in [0.5, 0.6) is 5.88 Å². The number of hydrogen-bond donors (Lipinski definition) is 2. The Kier molecular flexibility index (Phi) is 4.53. The van der Waals surface area contributed by atoms with Gasteiger partial charge in [0.05, 0.1) is 31.7 Å². The van der Waals surface area contributed by atoms with Crippen molar-refractivity contribution in [1.29, 1.82) is 0 Å². The molecule has 2 N–H and O–H groups in total. The second kappa shape index (κ2) is 7.09. The van der Waals surface area contributed by atoms with Gasteiger partial charge >= 0.3 is 0 Å². The van der Waals surface area contributed by atoms with Crippen LogP contribution in [-0.2, 0) is 9.53 Å². The number of hydrazine groups is 1. The number of nitrogens with one attached hydrogen (secondary N) is 2. The number of pyridine rings is 1. The van der Waals surface area contributed by atoms with E-state index >= 15 is 0 Å². The molecule has 0 radical (unpaired) electrons. The molecule has 2 aromatic rings. The number of hydrogen-bond acceptors (Lipinski definition) is 6. The molecule has 2 fully saturated rings. The van der Waals surface area contributed by atoms with Gasteiger partial charge in [0.2, 0.25) is 11.8 Å². The van der Waals surface area contributed by atoms with Gasteiger partial charge in [0.25, 0.3) is 0 Å². The average Bonchev–Trinajstić information content (AvgIpc) is 3.38. The van der Waals surface area contributed by atoms with Crippen molar-refractivity contribution in [2.45, 2.75) is 32.4 Å². The highest BCUT2D eigenvalue weighted by Gasteiger charge is 2.46. The lowest BCUT2D eigenvalue weighted by Gasteiger charge is -2.35. The maximum atomic E-state index is 12.8. The van der Waals surface area contributed by atoms with E-state index in [0.29, 0.717) is 25.1 Å². The average molecular weight is 394 g/mol. The molecule has 0 spiro atoms. The smallest absolute Gasteiger partial charge is 0.230 e. The first-order chi connectivity index (χ1) is 14.1. The van der Waals surface area contributed by atoms with Crippen LogP contribution in [0, 0.1) is 19.8 Å². The van der Waals surface area contributed by atoms with Crippen LogP contribution in [0.4, 0.5) is 5.69 Å². The monoisotopic (exact) mass is 394 g/mol. The Balaban J connectivity index is 1.57. The summed E-state index contributed by atoms with van der Waals surface area (Å²) in [4.78, 5) is 17.2. The maximum Gasteiger partial charge on any atom is 0.230 e. The van der Waals surface area contributed by atoms with Crippen molar-refractivity contribution in [3.8, 4) is 17.0 Å². The molecule has 5 rings (SSSR count). The number of carbonyl (C=O) groups is 1. The second-order valence-electron chi connectivity index (χ2n) is 8.08. The van der Waals surface area contributed by atoms with Crippen molar-refractivity contribution in [3.63, 3.8) is 0 Å². The highest BCUT2D eigenvalue weighted by atomic mass is 16.5. The van der Waals surface area contributed by atoms with Crippen LogP contribution in [0.25, 0.3) is 11.1 Å². The Labute approximate surface area is 170 Å². The van der Waals surface area contributed by atoms with Crippen LogP contribution in [0.1, 0.15) is 29.2 Å². The van der Waals surface area contributed by atoms with Crippen molar-refractivity contribution in [3.05, 3.63) is 41.1 Å². The minimum Gasteiger partial charge on any atom is -0.481 e. The number of anilines is 1. The topological polar surface area (TPSA) is 75.7 Å². The summed E-state index contributed by atoms with van der Waals surface area (Å²) in [6.45, 7) is 6.21. The zero-order chi connectivity index (χ0) is 20.1. The first-order valence-corrected chi connectivity index (χ1v) is 10.1. The van der Waals surface area contributed by atoms with Crippen LogP contribution >= 0.6 is 0 Å². The maximum absolute atomic E-state index is 12.8. The largest absolute Gasteiger partial charge is 0.481 e. The minimum absolute atomic E-state index is 0.0358. The molecule has 1 aromatic heterocycles. The zero-order valence-corrected chi connectivity index (χ0v) is 17.0. The summed E-state index contributed by atoms with van der Waals surface area (Å²) < 4.78 is 11.0. The Morgan fingerprint density at radius 1 is 1.31 bits per heavy atom. The van der Waals surface area contributed by atoms with E-state index < -0.39 is 0 Å². The first kappa shape index (κ1) is 18.5. The normalized spacial score (nSPS) is 26.2. The number of amides is 1. The van der Waals surface area contributed by atoms with E-state index in [2.05, 4.69) is 38.9 Å². The molecule has 7 heteroatoms. The molecule has 0 saturated carbocycles. The van der Waals surface area contributed by atoms with Gasteiger partial charge in [0.15, 0.2) is 0 Å². The fraction of sp³-hybridized carbons (Fsp3) is 0.455. The molecule has 7 nitrogen and oxygen atoms in total. The van der Waals surface area contributed by atoms with Crippen LogP contribution < -0.4 is 15.5 Å². The molecule has 29 heavy (non-hydrogen) atoms. The van der Waals surface area contributed by atoms with Gasteiger partial charge in [0.1, 0.15) is 0 Å². The third-order valence-electron chi connectivity index (χ3n) is 6.39. The highest BCUT2D eigenvalue weighted by Crippen LogP contribution is 2.44. The number of carbonyl (C=O) groups excluding carboxylic acids is 1. The predicted molar refractivity (Wildman–Crippen MR) is 110 cm³/mol. The summed E-state index contributed by atoms with van der Waals surface area (Å²) in [7, 11) is 1.64. The molecule has 1 amide bonds. The van der Waals surface area contributed by atoms with E-state index in [9.17, 15) is 4.79 Å². The highest BCUT2D eigenvalue weighted by molar-refractivity contribution is 5.98. The summed E-state index contributed by atoms with van der Waals surface area (Å²) in [5, 5.41) is 5.39. The molecule has 2 unspecified atom stereocenters. The van der Waals surface area contributed by atoms with Crippen molar-refractivity contribution in [1.82, 2.24) is 15.4 Å². The molecular weight excluding hydrogens is 368 g/mol. The Bertz CT molecular complexity index is 971. The van der Waals surface area contributed by atoms with Gasteiger partial charge in [0, 0.05) is 30.6 Å². The van der Waals surface area contributed by atoms with E-state index in [1.54, 1.807) is 7.11 Å². The number of aryl methyl sites for hydroxylation is 1. The van der Waals surface area contributed by atoms with Gasteiger partial charge in [-0.2, -0.15) is 0 Å². The van der Waals surface area contributed by atoms with Crippen LogP contribution in [0.15, 0.2) is 24.4 Å². The third kappa shape index (κ3) is 2.92. The predicted octanol–water partition coefficient (Wildman–Crippen LogP) is 2.59. The van der Waals surface area contributed by atoms with E-state index in [0.717, 1.165) is 46.5 Å². The molecule has 152 valence electrons. The quantitative estimate of drug-likeness (QED) is 0.834. The number of benzene rings is 1. The lowest BCUT2D eigenvalue weighted by Crippen LogP contribution is -2.44. The van der Waals surface area contributed by atoms with Gasteiger partial charge in [-0.1, -0.05) is 12.1 Å². The van der Waals surface area contributed by atoms with E-state index in [4.69, 9.17) is 9.47 Å². The summed E-state index contributed by atoms with van der Waals surface area (Å²) >= 11 is 0. The number of methoxy groups -OCH3 is 1. The van der Waals surface area contributed by atoms with Gasteiger partial charge in [-0.3, -0.25) is 10.2 Å². The fourth-order valence-corrected chi connectivity index (χ4v) is 4.98. The number of aromatic nitrogens is 1.